The summed E-state index contributed by atoms with van der Waals surface area (Å²) in [6.07, 6.45) is -6.71. The molecule has 0 bridgehead atoms. The Bertz CT molecular complexity index is 1080. The number of nitrogens with two attached hydrogens (primary N) is 1. The molecule has 7 N–H and O–H groups in total. The lowest BCUT2D eigenvalue weighted by Crippen LogP contribution is -2.54. The summed E-state index contributed by atoms with van der Waals surface area (Å²) in [5.41, 5.74) is 7.61. The molecule has 0 heterocycles. The third kappa shape index (κ3) is 7.69. The average Bonchev–Trinajstić information content (AvgIpc) is 2.95. The van der Waals surface area contributed by atoms with Gasteiger partial charge in [0.1, 0.15) is 12.2 Å². The van der Waals surface area contributed by atoms with Crippen LogP contribution in [0.25, 0.3) is 0 Å². The van der Waals surface area contributed by atoms with Crippen LogP contribution in [0.5, 0.6) is 0 Å². The Morgan fingerprint density at radius 2 is 1.22 bits per heavy atom. The maximum atomic E-state index is 13.1. The molecule has 1 amide bonds. The van der Waals surface area contributed by atoms with Gasteiger partial charge in [0.15, 0.2) is 12.2 Å². The second kappa shape index (κ2) is 13.6. The molecule has 0 spiro atoms. The van der Waals surface area contributed by atoms with Gasteiger partial charge in [-0.2, -0.15) is 0 Å². The summed E-state index contributed by atoms with van der Waals surface area (Å²) >= 11 is 0. The van der Waals surface area contributed by atoms with Crippen molar-refractivity contribution >= 4 is 11.9 Å². The molecule has 9 nitrogen and oxygen atoms in total. The molecule has 0 aliphatic heterocycles. The van der Waals surface area contributed by atoms with E-state index in [9.17, 15) is 24.9 Å². The van der Waals surface area contributed by atoms with Crippen LogP contribution in [0.2, 0.25) is 0 Å². The zero-order valence-electron chi connectivity index (χ0n) is 20.1. The summed E-state index contributed by atoms with van der Waals surface area (Å²) < 4.78 is 5.86. The van der Waals surface area contributed by atoms with Crippen LogP contribution >= 0.6 is 0 Å². The smallest absolute Gasteiger partial charge is 0.309 e. The molecule has 0 aliphatic rings. The molecule has 0 aliphatic carbocycles. The second-order valence-electron chi connectivity index (χ2n) is 8.64. The number of carbonyl (C=O) groups excluding carboxylic acids is 2. The Morgan fingerprint density at radius 3 is 1.68 bits per heavy atom. The van der Waals surface area contributed by atoms with Gasteiger partial charge in [-0.05, 0) is 16.7 Å². The molecule has 9 heteroatoms. The largest absolute Gasteiger partial charge is 0.452 e. The highest BCUT2D eigenvalue weighted by atomic mass is 16.5. The van der Waals surface area contributed by atoms with Crippen molar-refractivity contribution in [3.8, 4) is 0 Å². The molecule has 0 fully saturated rings. The number of ether oxygens (including phenoxy) is 1. The summed E-state index contributed by atoms with van der Waals surface area (Å²) in [5, 5.41) is 42.0. The molecule has 196 valence electrons. The SMILES string of the molecule is N[C@@H](CO)[C@@H](O)[C@@H](O)[C@H](O)C(=O)N[C@@H](CC(=O)OC(c1ccccc1)c1ccccc1)c1ccccc1. The Labute approximate surface area is 215 Å². The number of hydrogen-bond acceptors (Lipinski definition) is 8. The Hall–Kier alpha value is -3.60. The van der Waals surface area contributed by atoms with E-state index in [1.165, 1.54) is 0 Å². The van der Waals surface area contributed by atoms with Crippen molar-refractivity contribution in [2.24, 2.45) is 5.73 Å². The Kier molecular flexibility index (Phi) is 10.3. The van der Waals surface area contributed by atoms with Crippen LogP contribution in [0.15, 0.2) is 91.0 Å². The molecular weight excluding hydrogens is 476 g/mol. The highest BCUT2D eigenvalue weighted by molar-refractivity contribution is 5.82. The quantitative estimate of drug-likeness (QED) is 0.197. The van der Waals surface area contributed by atoms with Crippen molar-refractivity contribution in [3.63, 3.8) is 0 Å². The van der Waals surface area contributed by atoms with Gasteiger partial charge < -0.3 is 36.2 Å². The number of carbonyl (C=O) groups is 2. The van der Waals surface area contributed by atoms with Crippen molar-refractivity contribution < 1.29 is 34.8 Å². The molecule has 0 radical (unpaired) electrons. The van der Waals surface area contributed by atoms with Gasteiger partial charge in [-0.3, -0.25) is 9.59 Å². The first-order valence-electron chi connectivity index (χ1n) is 11.9. The monoisotopic (exact) mass is 508 g/mol. The summed E-state index contributed by atoms with van der Waals surface area (Å²) in [6.45, 7) is -0.658. The van der Waals surface area contributed by atoms with E-state index in [1.54, 1.807) is 30.3 Å². The van der Waals surface area contributed by atoms with Gasteiger partial charge in [-0.25, -0.2) is 0 Å². The molecule has 0 unspecified atom stereocenters. The highest BCUT2D eigenvalue weighted by Crippen LogP contribution is 2.28. The first-order chi connectivity index (χ1) is 17.8. The van der Waals surface area contributed by atoms with Gasteiger partial charge in [0.25, 0.3) is 5.91 Å². The number of amides is 1. The van der Waals surface area contributed by atoms with Crippen LogP contribution in [0, 0.1) is 0 Å². The van der Waals surface area contributed by atoms with E-state index < -0.39 is 55.0 Å². The predicted molar refractivity (Wildman–Crippen MR) is 136 cm³/mol. The summed E-state index contributed by atoms with van der Waals surface area (Å²) in [6, 6.07) is 24.9. The van der Waals surface area contributed by atoms with Crippen molar-refractivity contribution in [1.82, 2.24) is 5.32 Å². The summed E-state index contributed by atoms with van der Waals surface area (Å²) in [5.74, 6) is -1.63. The van der Waals surface area contributed by atoms with Crippen molar-refractivity contribution in [2.45, 2.75) is 42.9 Å². The summed E-state index contributed by atoms with van der Waals surface area (Å²) in [4.78, 5) is 25.9. The zero-order valence-corrected chi connectivity index (χ0v) is 20.1. The standard InChI is InChI=1S/C28H32N2O7/c29-21(17-31)24(33)25(34)26(35)28(36)30-22(18-10-4-1-5-11-18)16-23(32)37-27(19-12-6-2-7-13-19)20-14-8-3-9-15-20/h1-15,21-22,24-27,31,33-35H,16-17,29H2,(H,30,36)/t21-,22-,24+,25+,26-/m0/s1. The molecule has 3 aromatic rings. The number of aliphatic hydroxyl groups is 4. The molecular formula is C28H32N2O7. The molecule has 0 saturated carbocycles. The van der Waals surface area contributed by atoms with Crippen LogP contribution in [0.1, 0.15) is 35.3 Å². The van der Waals surface area contributed by atoms with Gasteiger partial charge >= 0.3 is 5.97 Å². The van der Waals surface area contributed by atoms with E-state index >= 15 is 0 Å². The maximum absolute atomic E-state index is 13.1. The van der Waals surface area contributed by atoms with Gasteiger partial charge in [-0.15, -0.1) is 0 Å². The fourth-order valence-electron chi connectivity index (χ4n) is 3.83. The van der Waals surface area contributed by atoms with Crippen LogP contribution < -0.4 is 11.1 Å². The van der Waals surface area contributed by atoms with E-state index in [0.717, 1.165) is 11.1 Å². The fourth-order valence-corrected chi connectivity index (χ4v) is 3.83. The number of aliphatic hydroxyl groups excluding tert-OH is 4. The third-order valence-electron chi connectivity index (χ3n) is 5.93. The van der Waals surface area contributed by atoms with Crippen LogP contribution in [0.4, 0.5) is 0 Å². The maximum Gasteiger partial charge on any atom is 0.309 e. The van der Waals surface area contributed by atoms with Gasteiger partial charge in [0.2, 0.25) is 0 Å². The normalized spacial score (nSPS) is 15.3. The van der Waals surface area contributed by atoms with Crippen LogP contribution in [-0.4, -0.2) is 63.3 Å². The van der Waals surface area contributed by atoms with E-state index in [2.05, 4.69) is 5.32 Å². The Morgan fingerprint density at radius 1 is 0.757 bits per heavy atom. The Balaban J connectivity index is 1.78. The van der Waals surface area contributed by atoms with E-state index in [4.69, 9.17) is 15.6 Å². The highest BCUT2D eigenvalue weighted by Gasteiger charge is 2.35. The minimum absolute atomic E-state index is 0.270. The predicted octanol–water partition coefficient (Wildman–Crippen LogP) is 0.969. The van der Waals surface area contributed by atoms with Gasteiger partial charge in [-0.1, -0.05) is 91.0 Å². The first kappa shape index (κ1) is 28.0. The fraction of sp³-hybridized carbons (Fsp3) is 0.286. The van der Waals surface area contributed by atoms with E-state index in [0.29, 0.717) is 5.56 Å². The molecule has 0 saturated heterocycles. The van der Waals surface area contributed by atoms with Crippen molar-refractivity contribution in [2.75, 3.05) is 6.61 Å². The number of hydrogen-bond donors (Lipinski definition) is 6. The number of esters is 1. The molecule has 37 heavy (non-hydrogen) atoms. The van der Waals surface area contributed by atoms with Crippen molar-refractivity contribution in [1.29, 1.82) is 0 Å². The minimum atomic E-state index is -2.06. The molecule has 3 rings (SSSR count). The number of rotatable bonds is 12. The number of benzene rings is 3. The van der Waals surface area contributed by atoms with Crippen LogP contribution in [0.3, 0.4) is 0 Å². The lowest BCUT2D eigenvalue weighted by molar-refractivity contribution is -0.149. The second-order valence-corrected chi connectivity index (χ2v) is 8.64. The minimum Gasteiger partial charge on any atom is -0.452 e. The van der Waals surface area contributed by atoms with Gasteiger partial charge in [0.05, 0.1) is 25.1 Å². The van der Waals surface area contributed by atoms with Crippen LogP contribution in [-0.2, 0) is 14.3 Å². The molecule has 5 atom stereocenters. The lowest BCUT2D eigenvalue weighted by atomic mass is 9.99. The van der Waals surface area contributed by atoms with E-state index in [1.807, 2.05) is 60.7 Å². The number of nitrogens with one attached hydrogen (secondary N) is 1. The summed E-state index contributed by atoms with van der Waals surface area (Å²) in [7, 11) is 0. The zero-order chi connectivity index (χ0) is 26.8. The van der Waals surface area contributed by atoms with Crippen molar-refractivity contribution in [3.05, 3.63) is 108 Å². The third-order valence-corrected chi connectivity index (χ3v) is 5.93. The molecule has 0 aromatic heterocycles. The average molecular weight is 509 g/mol. The van der Waals surface area contributed by atoms with E-state index in [-0.39, 0.29) is 6.42 Å². The molecule has 3 aromatic carbocycles. The lowest BCUT2D eigenvalue weighted by Gasteiger charge is -2.27. The first-order valence-corrected chi connectivity index (χ1v) is 11.9. The van der Waals surface area contributed by atoms with Gasteiger partial charge in [0, 0.05) is 0 Å². The topological polar surface area (TPSA) is 162 Å².